The molecule has 3 rings (SSSR count). The molecule has 1 amide bonds. The Labute approximate surface area is 174 Å². The van der Waals surface area contributed by atoms with Gasteiger partial charge in [-0.1, -0.05) is 29.5 Å². The summed E-state index contributed by atoms with van der Waals surface area (Å²) in [5.41, 5.74) is 3.76. The van der Waals surface area contributed by atoms with Gasteiger partial charge in [0.15, 0.2) is 0 Å². The highest BCUT2D eigenvalue weighted by Gasteiger charge is 2.15. The van der Waals surface area contributed by atoms with Gasteiger partial charge >= 0.3 is 0 Å². The third-order valence-corrected chi connectivity index (χ3v) is 5.80. The summed E-state index contributed by atoms with van der Waals surface area (Å²) in [6.07, 6.45) is 2.74. The van der Waals surface area contributed by atoms with Gasteiger partial charge in [0.1, 0.15) is 5.03 Å². The fraction of sp³-hybridized carbons (Fsp3) is 0.143. The standard InChI is InChI=1S/C21H21N3O3S2/c1-14-6-11-19(15(2)13-14)28-21-18(5-4-12-22-21)20(25)23-16-7-9-17(10-8-16)24-29(3,26)27/h4-13,24H,1-3H3,(H,23,25). The van der Waals surface area contributed by atoms with Crippen molar-refractivity contribution < 1.29 is 13.2 Å². The molecule has 1 heterocycles. The molecule has 6 nitrogen and oxygen atoms in total. The van der Waals surface area contributed by atoms with Crippen LogP contribution in [-0.2, 0) is 10.0 Å². The molecule has 8 heteroatoms. The van der Waals surface area contributed by atoms with Crippen LogP contribution in [0.25, 0.3) is 0 Å². The first kappa shape index (κ1) is 20.9. The number of benzene rings is 2. The first-order valence-corrected chi connectivity index (χ1v) is 11.5. The Bertz CT molecular complexity index is 1140. The third kappa shape index (κ3) is 5.82. The maximum atomic E-state index is 12.8. The molecule has 0 aliphatic carbocycles. The van der Waals surface area contributed by atoms with Gasteiger partial charge in [0, 0.05) is 22.5 Å². The van der Waals surface area contributed by atoms with E-state index >= 15 is 0 Å². The Balaban J connectivity index is 1.78. The van der Waals surface area contributed by atoms with Crippen LogP contribution in [0.3, 0.4) is 0 Å². The van der Waals surface area contributed by atoms with E-state index in [1.807, 2.05) is 26.0 Å². The first-order valence-electron chi connectivity index (χ1n) is 8.80. The predicted octanol–water partition coefficient (Wildman–Crippen LogP) is 4.47. The van der Waals surface area contributed by atoms with Gasteiger partial charge in [-0.25, -0.2) is 13.4 Å². The van der Waals surface area contributed by atoms with Crippen LogP contribution in [0.5, 0.6) is 0 Å². The van der Waals surface area contributed by atoms with Crippen molar-refractivity contribution in [3.63, 3.8) is 0 Å². The molecule has 0 atom stereocenters. The summed E-state index contributed by atoms with van der Waals surface area (Å²) in [4.78, 5) is 18.2. The molecule has 0 aliphatic rings. The highest BCUT2D eigenvalue weighted by atomic mass is 32.2. The Kier molecular flexibility index (Phi) is 6.24. The van der Waals surface area contributed by atoms with Crippen molar-refractivity contribution >= 4 is 39.1 Å². The Morgan fingerprint density at radius 2 is 1.69 bits per heavy atom. The second-order valence-corrected chi connectivity index (χ2v) is 9.41. The summed E-state index contributed by atoms with van der Waals surface area (Å²) >= 11 is 1.45. The molecule has 0 unspecified atom stereocenters. The summed E-state index contributed by atoms with van der Waals surface area (Å²) in [7, 11) is -3.35. The number of hydrogen-bond donors (Lipinski definition) is 2. The molecule has 3 aromatic rings. The topological polar surface area (TPSA) is 88.2 Å². The highest BCUT2D eigenvalue weighted by Crippen LogP contribution is 2.32. The number of aryl methyl sites for hydroxylation is 2. The number of amides is 1. The zero-order chi connectivity index (χ0) is 21.0. The fourth-order valence-corrected chi connectivity index (χ4v) is 4.21. The molecule has 0 saturated carbocycles. The average Bonchev–Trinajstić information content (AvgIpc) is 2.65. The zero-order valence-electron chi connectivity index (χ0n) is 16.3. The van der Waals surface area contributed by atoms with Crippen LogP contribution in [0.15, 0.2) is 70.7 Å². The van der Waals surface area contributed by atoms with E-state index in [2.05, 4.69) is 21.1 Å². The van der Waals surface area contributed by atoms with E-state index < -0.39 is 10.0 Å². The molecule has 29 heavy (non-hydrogen) atoms. The largest absolute Gasteiger partial charge is 0.322 e. The fourth-order valence-electron chi connectivity index (χ4n) is 2.70. The first-order chi connectivity index (χ1) is 13.7. The number of aromatic nitrogens is 1. The van der Waals surface area contributed by atoms with E-state index in [9.17, 15) is 13.2 Å². The maximum absolute atomic E-state index is 12.8. The van der Waals surface area contributed by atoms with Crippen LogP contribution in [0, 0.1) is 13.8 Å². The summed E-state index contributed by atoms with van der Waals surface area (Å²) in [6, 6.07) is 16.1. The molecule has 0 spiro atoms. The van der Waals surface area contributed by atoms with Gasteiger partial charge in [-0.15, -0.1) is 0 Å². The summed E-state index contributed by atoms with van der Waals surface area (Å²) in [6.45, 7) is 4.07. The predicted molar refractivity (Wildman–Crippen MR) is 117 cm³/mol. The number of pyridine rings is 1. The SMILES string of the molecule is Cc1ccc(Sc2ncccc2C(=O)Nc2ccc(NS(C)(=O)=O)cc2)c(C)c1. The third-order valence-electron chi connectivity index (χ3n) is 4.00. The Hall–Kier alpha value is -2.84. The lowest BCUT2D eigenvalue weighted by Crippen LogP contribution is -2.14. The van der Waals surface area contributed by atoms with Crippen LogP contribution >= 0.6 is 11.8 Å². The second kappa shape index (κ2) is 8.67. The van der Waals surface area contributed by atoms with Crippen molar-refractivity contribution in [1.29, 1.82) is 0 Å². The summed E-state index contributed by atoms with van der Waals surface area (Å²) in [5, 5.41) is 3.45. The van der Waals surface area contributed by atoms with E-state index in [0.717, 1.165) is 16.7 Å². The monoisotopic (exact) mass is 427 g/mol. The zero-order valence-corrected chi connectivity index (χ0v) is 17.9. The number of anilines is 2. The Morgan fingerprint density at radius 1 is 1.00 bits per heavy atom. The number of rotatable bonds is 6. The molecule has 2 N–H and O–H groups in total. The quantitative estimate of drug-likeness (QED) is 0.606. The van der Waals surface area contributed by atoms with Crippen molar-refractivity contribution in [2.24, 2.45) is 0 Å². The minimum atomic E-state index is -3.35. The van der Waals surface area contributed by atoms with Gasteiger partial charge < -0.3 is 5.32 Å². The van der Waals surface area contributed by atoms with Crippen LogP contribution in [-0.4, -0.2) is 25.6 Å². The molecule has 0 bridgehead atoms. The molecular weight excluding hydrogens is 406 g/mol. The second-order valence-electron chi connectivity index (χ2n) is 6.63. The average molecular weight is 428 g/mol. The van der Waals surface area contributed by atoms with Gasteiger partial charge in [-0.2, -0.15) is 0 Å². The normalized spacial score (nSPS) is 11.1. The van der Waals surface area contributed by atoms with Crippen molar-refractivity contribution in [1.82, 2.24) is 4.98 Å². The molecular formula is C21H21N3O3S2. The van der Waals surface area contributed by atoms with Crippen molar-refractivity contribution in [2.75, 3.05) is 16.3 Å². The Morgan fingerprint density at radius 3 is 2.34 bits per heavy atom. The molecule has 2 aromatic carbocycles. The van der Waals surface area contributed by atoms with Crippen molar-refractivity contribution in [3.8, 4) is 0 Å². The maximum Gasteiger partial charge on any atom is 0.258 e. The van der Waals surface area contributed by atoms with E-state index in [1.54, 1.807) is 42.6 Å². The van der Waals surface area contributed by atoms with E-state index in [0.29, 0.717) is 22.0 Å². The van der Waals surface area contributed by atoms with E-state index in [-0.39, 0.29) is 5.91 Å². The summed E-state index contributed by atoms with van der Waals surface area (Å²) < 4.78 is 25.0. The minimum absolute atomic E-state index is 0.283. The highest BCUT2D eigenvalue weighted by molar-refractivity contribution is 7.99. The van der Waals surface area contributed by atoms with Crippen LogP contribution in [0.2, 0.25) is 0 Å². The lowest BCUT2D eigenvalue weighted by atomic mass is 10.2. The van der Waals surface area contributed by atoms with Crippen molar-refractivity contribution in [2.45, 2.75) is 23.8 Å². The van der Waals surface area contributed by atoms with E-state index in [1.165, 1.54) is 17.3 Å². The number of hydrogen-bond acceptors (Lipinski definition) is 5. The smallest absolute Gasteiger partial charge is 0.258 e. The number of nitrogens with one attached hydrogen (secondary N) is 2. The van der Waals surface area contributed by atoms with Gasteiger partial charge in [0.05, 0.1) is 11.8 Å². The number of carbonyl (C=O) groups is 1. The van der Waals surface area contributed by atoms with Crippen LogP contribution in [0.1, 0.15) is 21.5 Å². The van der Waals surface area contributed by atoms with E-state index in [4.69, 9.17) is 0 Å². The molecule has 0 saturated heterocycles. The lowest BCUT2D eigenvalue weighted by Gasteiger charge is -2.11. The number of nitrogens with zero attached hydrogens (tertiary/aromatic N) is 1. The number of sulfonamides is 1. The van der Waals surface area contributed by atoms with Gasteiger partial charge in [-0.3, -0.25) is 9.52 Å². The van der Waals surface area contributed by atoms with Crippen molar-refractivity contribution in [3.05, 3.63) is 77.5 Å². The van der Waals surface area contributed by atoms with Gasteiger partial charge in [0.25, 0.3) is 5.91 Å². The lowest BCUT2D eigenvalue weighted by molar-refractivity contribution is 0.102. The molecule has 1 aromatic heterocycles. The minimum Gasteiger partial charge on any atom is -0.322 e. The molecule has 0 radical (unpaired) electrons. The molecule has 0 aliphatic heterocycles. The molecule has 0 fully saturated rings. The van der Waals surface area contributed by atoms with Gasteiger partial charge in [-0.05, 0) is 61.9 Å². The van der Waals surface area contributed by atoms with Crippen LogP contribution < -0.4 is 10.0 Å². The number of carbonyl (C=O) groups excluding carboxylic acids is 1. The van der Waals surface area contributed by atoms with Crippen LogP contribution in [0.4, 0.5) is 11.4 Å². The molecule has 150 valence electrons. The summed E-state index contributed by atoms with van der Waals surface area (Å²) in [5.74, 6) is -0.283. The van der Waals surface area contributed by atoms with Gasteiger partial charge in [0.2, 0.25) is 10.0 Å².